The van der Waals surface area contributed by atoms with Crippen LogP contribution in [-0.2, 0) is 24.3 Å². The summed E-state index contributed by atoms with van der Waals surface area (Å²) in [6.07, 6.45) is 7.21. The fraction of sp³-hybridized carbons (Fsp3) is 0.500. The fourth-order valence-electron chi connectivity index (χ4n) is 4.06. The second-order valence-corrected chi connectivity index (χ2v) is 7.33. The summed E-state index contributed by atoms with van der Waals surface area (Å²) in [7, 11) is 0. The Labute approximate surface area is 149 Å². The van der Waals surface area contributed by atoms with E-state index in [1.165, 1.54) is 12.0 Å². The molecule has 2 aliphatic rings. The first-order valence-electron chi connectivity index (χ1n) is 9.32. The lowest BCUT2D eigenvalue weighted by Crippen LogP contribution is -2.53. The summed E-state index contributed by atoms with van der Waals surface area (Å²) in [6.45, 7) is 3.40. The Morgan fingerprint density at radius 2 is 2.00 bits per heavy atom. The van der Waals surface area contributed by atoms with Gasteiger partial charge < -0.3 is 5.32 Å². The first-order valence-corrected chi connectivity index (χ1v) is 9.32. The third kappa shape index (κ3) is 3.61. The number of carbonyl (C=O) groups is 1. The van der Waals surface area contributed by atoms with E-state index in [9.17, 15) is 4.79 Å². The van der Waals surface area contributed by atoms with Crippen LogP contribution in [-0.4, -0.2) is 39.2 Å². The molecule has 0 unspecified atom stereocenters. The normalized spacial score (nSPS) is 20.1. The molecule has 132 valence electrons. The molecular weight excluding hydrogens is 312 g/mol. The van der Waals surface area contributed by atoms with Gasteiger partial charge in [-0.3, -0.25) is 14.4 Å². The number of amides is 1. The van der Waals surface area contributed by atoms with Crippen LogP contribution in [0.1, 0.15) is 36.9 Å². The Morgan fingerprint density at radius 3 is 2.76 bits per heavy atom. The average molecular weight is 338 g/mol. The maximum atomic E-state index is 12.0. The van der Waals surface area contributed by atoms with Gasteiger partial charge in [-0.25, -0.2) is 0 Å². The van der Waals surface area contributed by atoms with E-state index in [0.29, 0.717) is 6.42 Å². The van der Waals surface area contributed by atoms with Crippen LogP contribution in [0.15, 0.2) is 42.6 Å². The first kappa shape index (κ1) is 16.3. The zero-order chi connectivity index (χ0) is 17.1. The number of rotatable bonds is 5. The van der Waals surface area contributed by atoms with Crippen LogP contribution in [0, 0.1) is 0 Å². The van der Waals surface area contributed by atoms with Gasteiger partial charge in [-0.15, -0.1) is 0 Å². The molecule has 0 atom stereocenters. The second-order valence-electron chi connectivity index (χ2n) is 7.33. The average Bonchev–Trinajstić information content (AvgIpc) is 2.96. The lowest BCUT2D eigenvalue weighted by atomic mass is 9.73. The van der Waals surface area contributed by atoms with Crippen molar-refractivity contribution in [3.63, 3.8) is 0 Å². The van der Waals surface area contributed by atoms with Gasteiger partial charge in [0, 0.05) is 44.3 Å². The van der Waals surface area contributed by atoms with E-state index >= 15 is 0 Å². The van der Waals surface area contributed by atoms with Gasteiger partial charge in [0.05, 0.1) is 5.69 Å². The Bertz CT molecular complexity index is 720. The molecule has 5 heteroatoms. The zero-order valence-corrected chi connectivity index (χ0v) is 14.7. The highest BCUT2D eigenvalue weighted by atomic mass is 16.1. The van der Waals surface area contributed by atoms with Gasteiger partial charge in [-0.05, 0) is 37.3 Å². The predicted octanol–water partition coefficient (Wildman–Crippen LogP) is 2.37. The molecule has 1 saturated carbocycles. The molecule has 25 heavy (non-hydrogen) atoms. The number of aryl methyl sites for hydroxylation is 2. The maximum Gasteiger partial charge on any atom is 0.221 e. The van der Waals surface area contributed by atoms with E-state index in [0.717, 1.165) is 51.1 Å². The van der Waals surface area contributed by atoms with Gasteiger partial charge in [-0.2, -0.15) is 5.10 Å². The van der Waals surface area contributed by atoms with Gasteiger partial charge in [0.25, 0.3) is 0 Å². The molecule has 2 aromatic rings. The van der Waals surface area contributed by atoms with Crippen LogP contribution in [0.5, 0.6) is 0 Å². The molecule has 4 rings (SSSR count). The number of aromatic nitrogens is 2. The minimum Gasteiger partial charge on any atom is -0.355 e. The zero-order valence-electron chi connectivity index (χ0n) is 14.7. The van der Waals surface area contributed by atoms with Crippen molar-refractivity contribution in [1.29, 1.82) is 0 Å². The Balaban J connectivity index is 1.39. The van der Waals surface area contributed by atoms with Gasteiger partial charge >= 0.3 is 0 Å². The summed E-state index contributed by atoms with van der Waals surface area (Å²) in [5.41, 5.74) is 2.52. The van der Waals surface area contributed by atoms with Gasteiger partial charge in [0.15, 0.2) is 0 Å². The van der Waals surface area contributed by atoms with E-state index in [2.05, 4.69) is 46.7 Å². The number of nitrogens with one attached hydrogen (secondary N) is 1. The molecule has 1 aliphatic carbocycles. The van der Waals surface area contributed by atoms with Crippen LogP contribution in [0.25, 0.3) is 0 Å². The van der Waals surface area contributed by atoms with Crippen LogP contribution in [0.3, 0.4) is 0 Å². The molecule has 1 N–H and O–H groups in total. The SMILES string of the molecule is O=C1CC2(CCC2)N(Cc2ccn(CCc3ccccc3)n2)CCN1. The summed E-state index contributed by atoms with van der Waals surface area (Å²) >= 11 is 0. The smallest absolute Gasteiger partial charge is 0.221 e. The van der Waals surface area contributed by atoms with E-state index in [1.54, 1.807) is 0 Å². The van der Waals surface area contributed by atoms with E-state index in [4.69, 9.17) is 5.10 Å². The molecule has 2 fully saturated rings. The Hall–Kier alpha value is -2.14. The van der Waals surface area contributed by atoms with Gasteiger partial charge in [-0.1, -0.05) is 30.3 Å². The topological polar surface area (TPSA) is 50.2 Å². The summed E-state index contributed by atoms with van der Waals surface area (Å²) in [5.74, 6) is 0.204. The third-order valence-corrected chi connectivity index (χ3v) is 5.67. The summed E-state index contributed by atoms with van der Waals surface area (Å²) < 4.78 is 2.04. The van der Waals surface area contributed by atoms with Crippen molar-refractivity contribution in [2.24, 2.45) is 0 Å². The standard InChI is InChI=1S/C20H26N4O/c25-19-15-20(9-4-10-20)23(14-11-21-19)16-18-8-13-24(22-18)12-7-17-5-2-1-3-6-17/h1-3,5-6,8,13H,4,7,9-12,14-16H2,(H,21,25). The number of nitrogens with zero attached hydrogens (tertiary/aromatic N) is 3. The quantitative estimate of drug-likeness (QED) is 0.911. The Kier molecular flexibility index (Phi) is 4.57. The van der Waals surface area contributed by atoms with Crippen LogP contribution in [0.2, 0.25) is 0 Å². The summed E-state index contributed by atoms with van der Waals surface area (Å²) in [6, 6.07) is 12.6. The number of hydrogen-bond donors (Lipinski definition) is 1. The Morgan fingerprint density at radius 1 is 1.16 bits per heavy atom. The lowest BCUT2D eigenvalue weighted by molar-refractivity contribution is -0.124. The van der Waals surface area contributed by atoms with Crippen LogP contribution in [0.4, 0.5) is 0 Å². The van der Waals surface area contributed by atoms with Crippen molar-refractivity contribution in [3.05, 3.63) is 53.9 Å². The van der Waals surface area contributed by atoms with Gasteiger partial charge in [0.1, 0.15) is 0 Å². The van der Waals surface area contributed by atoms with Crippen molar-refractivity contribution >= 4 is 5.91 Å². The second kappa shape index (κ2) is 7.00. The molecule has 1 aromatic carbocycles. The highest BCUT2D eigenvalue weighted by Crippen LogP contribution is 2.41. The number of benzene rings is 1. The third-order valence-electron chi connectivity index (χ3n) is 5.67. The van der Waals surface area contributed by atoms with Crippen molar-refractivity contribution in [2.75, 3.05) is 13.1 Å². The molecule has 5 nitrogen and oxygen atoms in total. The summed E-state index contributed by atoms with van der Waals surface area (Å²) in [5, 5.41) is 7.78. The molecule has 1 aliphatic heterocycles. The van der Waals surface area contributed by atoms with Crippen molar-refractivity contribution in [3.8, 4) is 0 Å². The van der Waals surface area contributed by atoms with Crippen molar-refractivity contribution in [2.45, 2.75) is 50.7 Å². The highest BCUT2D eigenvalue weighted by Gasteiger charge is 2.45. The minimum atomic E-state index is 0.0778. The predicted molar refractivity (Wildman–Crippen MR) is 97.0 cm³/mol. The molecule has 1 saturated heterocycles. The molecule has 0 bridgehead atoms. The summed E-state index contributed by atoms with van der Waals surface area (Å²) in [4.78, 5) is 14.4. The molecule has 1 aromatic heterocycles. The number of carbonyl (C=O) groups excluding carboxylic acids is 1. The van der Waals surface area contributed by atoms with Crippen molar-refractivity contribution < 1.29 is 4.79 Å². The van der Waals surface area contributed by atoms with E-state index < -0.39 is 0 Å². The largest absolute Gasteiger partial charge is 0.355 e. The van der Waals surface area contributed by atoms with Crippen LogP contribution >= 0.6 is 0 Å². The van der Waals surface area contributed by atoms with Gasteiger partial charge in [0.2, 0.25) is 5.91 Å². The molecule has 1 amide bonds. The minimum absolute atomic E-state index is 0.0778. The van der Waals surface area contributed by atoms with E-state index in [-0.39, 0.29) is 11.4 Å². The molecular formula is C20H26N4O. The fourth-order valence-corrected chi connectivity index (χ4v) is 4.06. The molecule has 1 spiro atoms. The molecule has 0 radical (unpaired) electrons. The maximum absolute atomic E-state index is 12.0. The molecule has 2 heterocycles. The van der Waals surface area contributed by atoms with E-state index in [1.807, 2.05) is 10.7 Å². The highest BCUT2D eigenvalue weighted by molar-refractivity contribution is 5.77. The first-order chi connectivity index (χ1) is 12.2. The number of hydrogen-bond acceptors (Lipinski definition) is 3. The van der Waals surface area contributed by atoms with Crippen molar-refractivity contribution in [1.82, 2.24) is 20.0 Å². The lowest BCUT2D eigenvalue weighted by Gasteiger charge is -2.48. The van der Waals surface area contributed by atoms with Crippen LogP contribution < -0.4 is 5.32 Å². The monoisotopic (exact) mass is 338 g/mol.